The van der Waals surface area contributed by atoms with Crippen molar-refractivity contribution in [2.24, 2.45) is 0 Å². The van der Waals surface area contributed by atoms with Crippen LogP contribution in [0.1, 0.15) is 30.4 Å². The summed E-state index contributed by atoms with van der Waals surface area (Å²) in [5.74, 6) is 0. The fourth-order valence-corrected chi connectivity index (χ4v) is 3.09. The maximum Gasteiger partial charge on any atom is 0.0222 e. The SMILES string of the molecule is Cc1ccc(CNCCCN2CCCC2)c(Br)c1. The maximum absolute atomic E-state index is 3.62. The molecule has 2 nitrogen and oxygen atoms in total. The van der Waals surface area contributed by atoms with Crippen molar-refractivity contribution < 1.29 is 0 Å². The topological polar surface area (TPSA) is 15.3 Å². The molecule has 18 heavy (non-hydrogen) atoms. The Balaban J connectivity index is 1.62. The van der Waals surface area contributed by atoms with Crippen molar-refractivity contribution in [2.75, 3.05) is 26.2 Å². The van der Waals surface area contributed by atoms with Crippen molar-refractivity contribution in [3.05, 3.63) is 33.8 Å². The van der Waals surface area contributed by atoms with Crippen LogP contribution >= 0.6 is 15.9 Å². The highest BCUT2D eigenvalue weighted by Gasteiger charge is 2.09. The van der Waals surface area contributed by atoms with Crippen LogP contribution in [-0.2, 0) is 6.54 Å². The molecule has 1 saturated heterocycles. The molecule has 1 fully saturated rings. The van der Waals surface area contributed by atoms with E-state index in [1.807, 2.05) is 0 Å². The molecule has 2 rings (SSSR count). The molecule has 0 bridgehead atoms. The molecule has 0 unspecified atom stereocenters. The quantitative estimate of drug-likeness (QED) is 0.811. The molecule has 0 aromatic heterocycles. The number of hydrogen-bond donors (Lipinski definition) is 1. The number of hydrogen-bond acceptors (Lipinski definition) is 2. The van der Waals surface area contributed by atoms with E-state index < -0.39 is 0 Å². The summed E-state index contributed by atoms with van der Waals surface area (Å²) in [6.45, 7) is 8.06. The Hall–Kier alpha value is -0.380. The van der Waals surface area contributed by atoms with E-state index in [-0.39, 0.29) is 0 Å². The molecule has 0 atom stereocenters. The van der Waals surface area contributed by atoms with Crippen molar-refractivity contribution in [2.45, 2.75) is 32.7 Å². The van der Waals surface area contributed by atoms with E-state index in [0.29, 0.717) is 0 Å². The highest BCUT2D eigenvalue weighted by Crippen LogP contribution is 2.18. The summed E-state index contributed by atoms with van der Waals surface area (Å²) >= 11 is 3.62. The Kier molecular flexibility index (Phi) is 5.67. The molecule has 0 spiro atoms. The first-order valence-electron chi connectivity index (χ1n) is 6.94. The molecule has 1 aliphatic rings. The second-order valence-corrected chi connectivity index (χ2v) is 6.03. The highest BCUT2D eigenvalue weighted by molar-refractivity contribution is 9.10. The van der Waals surface area contributed by atoms with Gasteiger partial charge >= 0.3 is 0 Å². The summed E-state index contributed by atoms with van der Waals surface area (Å²) in [4.78, 5) is 2.57. The Bertz CT molecular complexity index is 373. The van der Waals surface area contributed by atoms with Crippen molar-refractivity contribution in [1.82, 2.24) is 10.2 Å². The smallest absolute Gasteiger partial charge is 0.0222 e. The van der Waals surface area contributed by atoms with Gasteiger partial charge in [-0.2, -0.15) is 0 Å². The van der Waals surface area contributed by atoms with Crippen LogP contribution in [0.25, 0.3) is 0 Å². The van der Waals surface area contributed by atoms with E-state index in [1.165, 1.54) is 54.5 Å². The van der Waals surface area contributed by atoms with E-state index in [2.05, 4.69) is 51.3 Å². The maximum atomic E-state index is 3.62. The predicted octanol–water partition coefficient (Wildman–Crippen LogP) is 3.33. The number of benzene rings is 1. The minimum absolute atomic E-state index is 0.959. The minimum Gasteiger partial charge on any atom is -0.313 e. The van der Waals surface area contributed by atoms with Crippen molar-refractivity contribution in [1.29, 1.82) is 0 Å². The van der Waals surface area contributed by atoms with Gasteiger partial charge in [0, 0.05) is 11.0 Å². The summed E-state index contributed by atoms with van der Waals surface area (Å²) in [5, 5.41) is 3.53. The highest BCUT2D eigenvalue weighted by atomic mass is 79.9. The fourth-order valence-electron chi connectivity index (χ4n) is 2.45. The lowest BCUT2D eigenvalue weighted by Gasteiger charge is -2.14. The summed E-state index contributed by atoms with van der Waals surface area (Å²) in [7, 11) is 0. The zero-order valence-electron chi connectivity index (χ0n) is 11.2. The largest absolute Gasteiger partial charge is 0.313 e. The first-order chi connectivity index (χ1) is 8.75. The molecule has 100 valence electrons. The Morgan fingerprint density at radius 1 is 1.28 bits per heavy atom. The summed E-state index contributed by atoms with van der Waals surface area (Å²) in [6, 6.07) is 6.56. The lowest BCUT2D eigenvalue weighted by atomic mass is 10.1. The molecule has 1 N–H and O–H groups in total. The van der Waals surface area contributed by atoms with Crippen molar-refractivity contribution >= 4 is 15.9 Å². The van der Waals surface area contributed by atoms with Gasteiger partial charge in [0.2, 0.25) is 0 Å². The number of aryl methyl sites for hydroxylation is 1. The first-order valence-corrected chi connectivity index (χ1v) is 7.73. The standard InChI is InChI=1S/C15H23BrN2/c1-13-5-6-14(15(16)11-13)12-17-7-4-10-18-8-2-3-9-18/h5-6,11,17H,2-4,7-10,12H2,1H3. The Morgan fingerprint density at radius 2 is 2.06 bits per heavy atom. The van der Waals surface area contributed by atoms with Gasteiger partial charge in [0.25, 0.3) is 0 Å². The van der Waals surface area contributed by atoms with Crippen LogP contribution in [0.3, 0.4) is 0 Å². The molecule has 3 heteroatoms. The number of nitrogens with one attached hydrogen (secondary N) is 1. The molecule has 1 aliphatic heterocycles. The van der Waals surface area contributed by atoms with Crippen LogP contribution in [0, 0.1) is 6.92 Å². The third kappa shape index (κ3) is 4.38. The zero-order chi connectivity index (χ0) is 12.8. The monoisotopic (exact) mass is 310 g/mol. The number of nitrogens with zero attached hydrogens (tertiary/aromatic N) is 1. The van der Waals surface area contributed by atoms with Crippen LogP contribution in [0.4, 0.5) is 0 Å². The lowest BCUT2D eigenvalue weighted by Crippen LogP contribution is -2.24. The second kappa shape index (κ2) is 7.27. The third-order valence-electron chi connectivity index (χ3n) is 3.55. The van der Waals surface area contributed by atoms with E-state index >= 15 is 0 Å². The van der Waals surface area contributed by atoms with Crippen LogP contribution < -0.4 is 5.32 Å². The molecule has 1 aromatic carbocycles. The second-order valence-electron chi connectivity index (χ2n) is 5.17. The molecule has 0 saturated carbocycles. The van der Waals surface area contributed by atoms with Gasteiger partial charge in [-0.15, -0.1) is 0 Å². The number of rotatable bonds is 6. The fraction of sp³-hybridized carbons (Fsp3) is 0.600. The van der Waals surface area contributed by atoms with Gasteiger partial charge in [0.05, 0.1) is 0 Å². The zero-order valence-corrected chi connectivity index (χ0v) is 12.8. The summed E-state index contributed by atoms with van der Waals surface area (Å²) in [6.07, 6.45) is 4.04. The van der Waals surface area contributed by atoms with Gasteiger partial charge in [-0.1, -0.05) is 28.1 Å². The molecule has 1 heterocycles. The summed E-state index contributed by atoms with van der Waals surface area (Å²) < 4.78 is 1.22. The lowest BCUT2D eigenvalue weighted by molar-refractivity contribution is 0.331. The summed E-state index contributed by atoms with van der Waals surface area (Å²) in [5.41, 5.74) is 2.65. The van der Waals surface area contributed by atoms with Crippen molar-refractivity contribution in [3.8, 4) is 0 Å². The van der Waals surface area contributed by atoms with Crippen molar-refractivity contribution in [3.63, 3.8) is 0 Å². The van der Waals surface area contributed by atoms with Gasteiger partial charge in [0.1, 0.15) is 0 Å². The van der Waals surface area contributed by atoms with Crippen LogP contribution in [-0.4, -0.2) is 31.1 Å². The molecule has 1 aromatic rings. The molecule has 0 amide bonds. The molecule has 0 radical (unpaired) electrons. The molecular weight excluding hydrogens is 288 g/mol. The average Bonchev–Trinajstić information content (AvgIpc) is 2.84. The Morgan fingerprint density at radius 3 is 2.78 bits per heavy atom. The third-order valence-corrected chi connectivity index (χ3v) is 4.29. The van der Waals surface area contributed by atoms with E-state index in [4.69, 9.17) is 0 Å². The minimum atomic E-state index is 0.959. The normalized spacial score (nSPS) is 16.3. The van der Waals surface area contributed by atoms with Crippen LogP contribution in [0.15, 0.2) is 22.7 Å². The van der Waals surface area contributed by atoms with E-state index in [9.17, 15) is 0 Å². The predicted molar refractivity (Wildman–Crippen MR) is 80.9 cm³/mol. The van der Waals surface area contributed by atoms with Gasteiger partial charge in [-0.3, -0.25) is 0 Å². The van der Waals surface area contributed by atoms with Gasteiger partial charge in [0.15, 0.2) is 0 Å². The van der Waals surface area contributed by atoms with Gasteiger partial charge in [-0.05, 0) is 69.6 Å². The average molecular weight is 311 g/mol. The van der Waals surface area contributed by atoms with E-state index in [1.54, 1.807) is 0 Å². The number of halogens is 1. The number of likely N-dealkylation sites (tertiary alicyclic amines) is 1. The van der Waals surface area contributed by atoms with Crippen LogP contribution in [0.5, 0.6) is 0 Å². The first kappa shape index (κ1) is 14.0. The van der Waals surface area contributed by atoms with E-state index in [0.717, 1.165) is 13.1 Å². The Labute approximate surface area is 119 Å². The van der Waals surface area contributed by atoms with Gasteiger partial charge < -0.3 is 10.2 Å². The molecule has 0 aliphatic carbocycles. The molecular formula is C15H23BrN2. The van der Waals surface area contributed by atoms with Crippen LogP contribution in [0.2, 0.25) is 0 Å². The van der Waals surface area contributed by atoms with Gasteiger partial charge in [-0.25, -0.2) is 0 Å².